The Hall–Kier alpha value is -0.610. The Morgan fingerprint density at radius 2 is 2.08 bits per heavy atom. The highest BCUT2D eigenvalue weighted by Crippen LogP contribution is 2.28. The van der Waals surface area contributed by atoms with E-state index in [2.05, 4.69) is 4.90 Å². The fourth-order valence-electron chi connectivity index (χ4n) is 2.21. The van der Waals surface area contributed by atoms with E-state index < -0.39 is 0 Å². The molecule has 2 fully saturated rings. The zero-order valence-corrected chi connectivity index (χ0v) is 7.61. The van der Waals surface area contributed by atoms with Crippen molar-refractivity contribution in [3.05, 3.63) is 6.42 Å². The van der Waals surface area contributed by atoms with E-state index in [0.29, 0.717) is 18.6 Å². The zero-order chi connectivity index (χ0) is 9.26. The molecule has 73 valence electrons. The lowest BCUT2D eigenvalue weighted by molar-refractivity contribution is -0.115. The van der Waals surface area contributed by atoms with Crippen molar-refractivity contribution in [1.82, 2.24) is 4.90 Å². The highest BCUT2D eigenvalue weighted by molar-refractivity contribution is 5.83. The highest BCUT2D eigenvalue weighted by atomic mass is 16.5. The topological polar surface area (TPSA) is 55.6 Å². The van der Waals surface area contributed by atoms with Crippen molar-refractivity contribution in [2.24, 2.45) is 5.73 Å². The molecule has 13 heavy (non-hydrogen) atoms. The van der Waals surface area contributed by atoms with Crippen LogP contribution < -0.4 is 5.73 Å². The van der Waals surface area contributed by atoms with Crippen molar-refractivity contribution >= 4 is 5.91 Å². The number of ether oxygens (including phenoxy) is 1. The van der Waals surface area contributed by atoms with Crippen LogP contribution in [0.25, 0.3) is 0 Å². The number of hydrogen-bond acceptors (Lipinski definition) is 3. The summed E-state index contributed by atoms with van der Waals surface area (Å²) in [5, 5.41) is 0. The Balaban J connectivity index is 1.88. The number of primary amides is 1. The van der Waals surface area contributed by atoms with Crippen molar-refractivity contribution in [3.8, 4) is 0 Å². The second-order valence-corrected chi connectivity index (χ2v) is 3.73. The Morgan fingerprint density at radius 1 is 1.46 bits per heavy atom. The SMILES string of the molecule is NC(=O)[CH]CN1C2CCC1COC2. The molecule has 0 aromatic rings. The second kappa shape index (κ2) is 3.64. The first kappa shape index (κ1) is 8.97. The maximum Gasteiger partial charge on any atom is 0.222 e. The third-order valence-electron chi connectivity index (χ3n) is 2.89. The normalized spacial score (nSPS) is 33.5. The molecule has 0 spiro atoms. The predicted molar refractivity (Wildman–Crippen MR) is 47.8 cm³/mol. The second-order valence-electron chi connectivity index (χ2n) is 3.73. The van der Waals surface area contributed by atoms with Gasteiger partial charge in [-0.1, -0.05) is 0 Å². The minimum Gasteiger partial charge on any atom is -0.378 e. The van der Waals surface area contributed by atoms with Gasteiger partial charge in [-0.25, -0.2) is 0 Å². The Kier molecular flexibility index (Phi) is 2.51. The molecule has 0 aliphatic carbocycles. The molecule has 2 rings (SSSR count). The molecule has 2 unspecified atom stereocenters. The summed E-state index contributed by atoms with van der Waals surface area (Å²) in [6, 6.07) is 1.02. The van der Waals surface area contributed by atoms with E-state index in [-0.39, 0.29) is 5.91 Å². The molecule has 0 aromatic heterocycles. The molecular weight excluding hydrogens is 168 g/mol. The van der Waals surface area contributed by atoms with Crippen LogP contribution in [0.1, 0.15) is 12.8 Å². The number of carbonyl (C=O) groups excluding carboxylic acids is 1. The summed E-state index contributed by atoms with van der Waals surface area (Å²) >= 11 is 0. The largest absolute Gasteiger partial charge is 0.378 e. The van der Waals surface area contributed by atoms with E-state index in [9.17, 15) is 4.79 Å². The number of morpholine rings is 1. The first-order valence-electron chi connectivity index (χ1n) is 4.73. The first-order valence-corrected chi connectivity index (χ1v) is 4.73. The number of rotatable bonds is 3. The van der Waals surface area contributed by atoms with Gasteiger partial charge in [-0.2, -0.15) is 0 Å². The molecule has 2 bridgehead atoms. The number of fused-ring (bicyclic) bond motifs is 2. The van der Waals surface area contributed by atoms with Crippen LogP contribution in [-0.2, 0) is 9.53 Å². The summed E-state index contributed by atoms with van der Waals surface area (Å²) in [5.74, 6) is -0.328. The maximum atomic E-state index is 10.6. The van der Waals surface area contributed by atoms with Crippen LogP contribution in [0.5, 0.6) is 0 Å². The molecule has 2 aliphatic rings. The van der Waals surface area contributed by atoms with E-state index in [1.54, 1.807) is 6.42 Å². The van der Waals surface area contributed by atoms with Gasteiger partial charge in [-0.05, 0) is 12.8 Å². The number of amides is 1. The van der Waals surface area contributed by atoms with Crippen molar-refractivity contribution in [2.45, 2.75) is 24.9 Å². The quantitative estimate of drug-likeness (QED) is 0.644. The number of nitrogens with two attached hydrogens (primary N) is 1. The summed E-state index contributed by atoms with van der Waals surface area (Å²) in [6.45, 7) is 2.31. The van der Waals surface area contributed by atoms with E-state index in [1.165, 1.54) is 12.8 Å². The molecule has 2 aliphatic heterocycles. The summed E-state index contributed by atoms with van der Waals surface area (Å²) in [5.41, 5.74) is 5.07. The van der Waals surface area contributed by atoms with Gasteiger partial charge in [0, 0.05) is 18.6 Å². The molecule has 2 atom stereocenters. The molecule has 0 aromatic carbocycles. The fourth-order valence-corrected chi connectivity index (χ4v) is 2.21. The van der Waals surface area contributed by atoms with Crippen molar-refractivity contribution in [2.75, 3.05) is 19.8 Å². The van der Waals surface area contributed by atoms with Crippen molar-refractivity contribution in [1.29, 1.82) is 0 Å². The minimum atomic E-state index is -0.328. The van der Waals surface area contributed by atoms with Crippen LogP contribution in [0.3, 0.4) is 0 Å². The van der Waals surface area contributed by atoms with Gasteiger partial charge in [0.05, 0.1) is 19.6 Å². The van der Waals surface area contributed by atoms with Gasteiger partial charge in [0.1, 0.15) is 0 Å². The molecule has 2 heterocycles. The van der Waals surface area contributed by atoms with E-state index in [4.69, 9.17) is 10.5 Å². The van der Waals surface area contributed by atoms with Crippen LogP contribution in [-0.4, -0.2) is 42.6 Å². The maximum absolute atomic E-state index is 10.6. The molecular formula is C9H15N2O2. The van der Waals surface area contributed by atoms with E-state index in [1.807, 2.05) is 0 Å². The number of carbonyl (C=O) groups is 1. The average molecular weight is 183 g/mol. The van der Waals surface area contributed by atoms with Crippen LogP contribution in [0.2, 0.25) is 0 Å². The van der Waals surface area contributed by atoms with Crippen LogP contribution in [0.4, 0.5) is 0 Å². The van der Waals surface area contributed by atoms with Crippen LogP contribution in [0.15, 0.2) is 0 Å². The predicted octanol–water partition coefficient (Wildman–Crippen LogP) is -0.461. The molecule has 1 amide bonds. The first-order chi connectivity index (χ1) is 6.27. The smallest absolute Gasteiger partial charge is 0.222 e. The van der Waals surface area contributed by atoms with Gasteiger partial charge in [0.2, 0.25) is 5.91 Å². The minimum absolute atomic E-state index is 0.328. The highest BCUT2D eigenvalue weighted by Gasteiger charge is 2.36. The third kappa shape index (κ3) is 1.84. The number of nitrogens with zero attached hydrogens (tertiary/aromatic N) is 1. The number of hydrogen-bond donors (Lipinski definition) is 1. The Morgan fingerprint density at radius 3 is 2.62 bits per heavy atom. The van der Waals surface area contributed by atoms with Crippen molar-refractivity contribution in [3.63, 3.8) is 0 Å². The lowest BCUT2D eigenvalue weighted by Gasteiger charge is -2.34. The van der Waals surface area contributed by atoms with Gasteiger partial charge < -0.3 is 10.5 Å². The summed E-state index contributed by atoms with van der Waals surface area (Å²) in [6.07, 6.45) is 3.94. The molecule has 0 saturated carbocycles. The third-order valence-corrected chi connectivity index (χ3v) is 2.89. The average Bonchev–Trinajstić information content (AvgIpc) is 2.34. The standard InChI is InChI=1S/C9H15N2O2/c10-9(12)3-4-11-7-1-2-8(11)6-13-5-7/h3,7-8H,1-2,4-6H2,(H2,10,12). The summed E-state index contributed by atoms with van der Waals surface area (Å²) in [7, 11) is 0. The molecule has 4 heteroatoms. The van der Waals surface area contributed by atoms with Gasteiger partial charge in [-0.3, -0.25) is 9.69 Å². The fraction of sp³-hybridized carbons (Fsp3) is 0.778. The molecule has 1 radical (unpaired) electrons. The molecule has 2 saturated heterocycles. The summed E-state index contributed by atoms with van der Waals surface area (Å²) in [4.78, 5) is 12.9. The van der Waals surface area contributed by atoms with E-state index >= 15 is 0 Å². The van der Waals surface area contributed by atoms with Gasteiger partial charge in [0.15, 0.2) is 0 Å². The molecule has 4 nitrogen and oxygen atoms in total. The van der Waals surface area contributed by atoms with Crippen molar-refractivity contribution < 1.29 is 9.53 Å². The van der Waals surface area contributed by atoms with Gasteiger partial charge in [0.25, 0.3) is 0 Å². The zero-order valence-electron chi connectivity index (χ0n) is 7.61. The van der Waals surface area contributed by atoms with Crippen LogP contribution >= 0.6 is 0 Å². The van der Waals surface area contributed by atoms with E-state index in [0.717, 1.165) is 13.2 Å². The monoisotopic (exact) mass is 183 g/mol. The Labute approximate surface area is 78.0 Å². The van der Waals surface area contributed by atoms with Gasteiger partial charge in [-0.15, -0.1) is 0 Å². The lowest BCUT2D eigenvalue weighted by atomic mass is 10.2. The Bertz CT molecular complexity index is 192. The lowest BCUT2D eigenvalue weighted by Crippen LogP contribution is -2.46. The molecule has 2 N–H and O–H groups in total. The summed E-state index contributed by atoms with van der Waals surface area (Å²) < 4.78 is 5.42. The van der Waals surface area contributed by atoms with Gasteiger partial charge >= 0.3 is 0 Å². The van der Waals surface area contributed by atoms with Crippen LogP contribution in [0, 0.1) is 6.42 Å².